The molecule has 0 aliphatic rings. The molecule has 0 radical (unpaired) electrons. The van der Waals surface area contributed by atoms with Crippen LogP contribution in [0.5, 0.6) is 11.5 Å². The van der Waals surface area contributed by atoms with Crippen LogP contribution in [0, 0.1) is 0 Å². The van der Waals surface area contributed by atoms with Gasteiger partial charge in [0.25, 0.3) is 0 Å². The summed E-state index contributed by atoms with van der Waals surface area (Å²) in [5.41, 5.74) is 1.07. The molecule has 0 spiro atoms. The smallest absolute Gasteiger partial charge is 0.173 e. The van der Waals surface area contributed by atoms with Gasteiger partial charge < -0.3 is 9.84 Å². The molecule has 0 aliphatic carbocycles. The molecule has 2 nitrogen and oxygen atoms in total. The van der Waals surface area contributed by atoms with Crippen molar-refractivity contribution in [3.05, 3.63) is 20.6 Å². The van der Waals surface area contributed by atoms with Gasteiger partial charge in [0.15, 0.2) is 11.5 Å². The van der Waals surface area contributed by atoms with Gasteiger partial charge >= 0.3 is 0 Å². The zero-order valence-electron chi connectivity index (χ0n) is 8.44. The van der Waals surface area contributed by atoms with Crippen molar-refractivity contribution in [1.29, 1.82) is 0 Å². The number of hydrogen-bond acceptors (Lipinski definition) is 2. The maximum atomic E-state index is 9.77. The van der Waals surface area contributed by atoms with Crippen LogP contribution in [0.15, 0.2) is 15.0 Å². The van der Waals surface area contributed by atoms with Crippen LogP contribution >= 0.6 is 63.7 Å². The lowest BCUT2D eigenvalue weighted by atomic mass is 10.1. The van der Waals surface area contributed by atoms with E-state index in [4.69, 9.17) is 4.74 Å². The van der Waals surface area contributed by atoms with Gasteiger partial charge in [-0.1, -0.05) is 31.9 Å². The fourth-order valence-corrected chi connectivity index (χ4v) is 2.73. The van der Waals surface area contributed by atoms with Crippen molar-refractivity contribution >= 4 is 63.7 Å². The maximum absolute atomic E-state index is 9.77. The first kappa shape index (κ1) is 14.8. The van der Waals surface area contributed by atoms with Crippen molar-refractivity contribution in [3.63, 3.8) is 0 Å². The molecule has 0 fully saturated rings. The van der Waals surface area contributed by atoms with E-state index in [2.05, 4.69) is 63.7 Å². The lowest BCUT2D eigenvalue weighted by Gasteiger charge is -2.13. The summed E-state index contributed by atoms with van der Waals surface area (Å²) >= 11 is 13.7. The second-order valence-electron chi connectivity index (χ2n) is 3.17. The summed E-state index contributed by atoms with van der Waals surface area (Å²) in [6.07, 6.45) is 0.834. The lowest BCUT2D eigenvalue weighted by molar-refractivity contribution is 0.371. The summed E-state index contributed by atoms with van der Waals surface area (Å²) in [6.45, 7) is 0. The molecular weight excluding hydrogens is 472 g/mol. The first-order chi connectivity index (χ1) is 7.51. The predicted molar refractivity (Wildman–Crippen MR) is 80.3 cm³/mol. The van der Waals surface area contributed by atoms with E-state index in [1.807, 2.05) is 6.07 Å². The first-order valence-corrected chi connectivity index (χ1v) is 8.07. The molecule has 90 valence electrons. The Labute approximate surface area is 128 Å². The van der Waals surface area contributed by atoms with Crippen molar-refractivity contribution in [1.82, 2.24) is 0 Å². The van der Waals surface area contributed by atoms with E-state index in [0.717, 1.165) is 21.8 Å². The summed E-state index contributed by atoms with van der Waals surface area (Å²) in [4.78, 5) is 0.338. The topological polar surface area (TPSA) is 29.5 Å². The van der Waals surface area contributed by atoms with E-state index < -0.39 is 0 Å². The molecule has 1 atom stereocenters. The molecule has 0 heterocycles. The SMILES string of the molecule is COc1cc(CC(Br)CBr)c(Br)c(Br)c1O. The van der Waals surface area contributed by atoms with Gasteiger partial charge in [0.1, 0.15) is 0 Å². The van der Waals surface area contributed by atoms with E-state index >= 15 is 0 Å². The first-order valence-electron chi connectivity index (χ1n) is 4.45. The van der Waals surface area contributed by atoms with Crippen LogP contribution < -0.4 is 4.74 Å². The second-order valence-corrected chi connectivity index (χ2v) is 6.70. The third-order valence-electron chi connectivity index (χ3n) is 2.05. The number of alkyl halides is 2. The molecule has 0 aliphatic heterocycles. The highest BCUT2D eigenvalue weighted by atomic mass is 79.9. The molecule has 0 aromatic heterocycles. The van der Waals surface area contributed by atoms with Gasteiger partial charge in [0.05, 0.1) is 11.6 Å². The molecule has 1 unspecified atom stereocenters. The molecule has 0 amide bonds. The number of aromatic hydroxyl groups is 1. The highest BCUT2D eigenvalue weighted by molar-refractivity contribution is 9.13. The Morgan fingerprint density at radius 3 is 2.50 bits per heavy atom. The number of ether oxygens (including phenoxy) is 1. The average molecular weight is 482 g/mol. The number of methoxy groups -OCH3 is 1. The van der Waals surface area contributed by atoms with Gasteiger partial charge in [0.2, 0.25) is 0 Å². The van der Waals surface area contributed by atoms with Crippen molar-refractivity contribution in [2.24, 2.45) is 0 Å². The molecule has 0 saturated carbocycles. The number of halogens is 4. The minimum absolute atomic E-state index is 0.114. The maximum Gasteiger partial charge on any atom is 0.173 e. The second kappa shape index (κ2) is 6.61. The zero-order chi connectivity index (χ0) is 12.3. The highest BCUT2D eigenvalue weighted by Crippen LogP contribution is 2.42. The van der Waals surface area contributed by atoms with Gasteiger partial charge in [-0.25, -0.2) is 0 Å². The number of hydrogen-bond donors (Lipinski definition) is 1. The lowest BCUT2D eigenvalue weighted by Crippen LogP contribution is -2.05. The van der Waals surface area contributed by atoms with Crippen LogP contribution in [0.3, 0.4) is 0 Å². The standard InChI is InChI=1S/C10H10Br4O2/c1-16-7-3-5(2-6(12)4-11)8(13)9(14)10(7)15/h3,6,15H,2,4H2,1H3. The highest BCUT2D eigenvalue weighted by Gasteiger charge is 2.16. The Morgan fingerprint density at radius 2 is 2.00 bits per heavy atom. The van der Waals surface area contributed by atoms with E-state index in [-0.39, 0.29) is 5.75 Å². The Bertz CT molecular complexity index is 382. The molecule has 1 aromatic rings. The van der Waals surface area contributed by atoms with Crippen LogP contribution in [0.25, 0.3) is 0 Å². The minimum Gasteiger partial charge on any atom is -0.503 e. The van der Waals surface area contributed by atoms with E-state index in [9.17, 15) is 5.11 Å². The minimum atomic E-state index is 0.114. The van der Waals surface area contributed by atoms with Crippen molar-refractivity contribution < 1.29 is 9.84 Å². The summed E-state index contributed by atoms with van der Waals surface area (Å²) in [5, 5.41) is 10.6. The van der Waals surface area contributed by atoms with Crippen LogP contribution in [-0.4, -0.2) is 22.4 Å². The monoisotopic (exact) mass is 478 g/mol. The molecule has 0 saturated heterocycles. The van der Waals surface area contributed by atoms with Crippen LogP contribution in [0.1, 0.15) is 5.56 Å². The molecule has 16 heavy (non-hydrogen) atoms. The third kappa shape index (κ3) is 3.37. The van der Waals surface area contributed by atoms with Crippen LogP contribution in [-0.2, 0) is 6.42 Å². The molecule has 1 aromatic carbocycles. The molecule has 1 rings (SSSR count). The summed E-state index contributed by atoms with van der Waals surface area (Å²) in [6, 6.07) is 1.83. The Kier molecular flexibility index (Phi) is 6.12. The van der Waals surface area contributed by atoms with Gasteiger partial charge in [-0.2, -0.15) is 0 Å². The fourth-order valence-electron chi connectivity index (χ4n) is 1.24. The Morgan fingerprint density at radius 1 is 1.38 bits per heavy atom. The van der Waals surface area contributed by atoms with Crippen molar-refractivity contribution in [2.75, 3.05) is 12.4 Å². The number of phenols is 1. The largest absolute Gasteiger partial charge is 0.503 e. The van der Waals surface area contributed by atoms with Crippen LogP contribution in [0.4, 0.5) is 0 Å². The quantitative estimate of drug-likeness (QED) is 0.636. The van der Waals surface area contributed by atoms with E-state index in [0.29, 0.717) is 15.0 Å². The number of rotatable bonds is 4. The molecule has 0 bridgehead atoms. The summed E-state index contributed by atoms with van der Waals surface area (Å²) < 4.78 is 6.59. The van der Waals surface area contributed by atoms with Gasteiger partial charge in [-0.05, 0) is 49.9 Å². The van der Waals surface area contributed by atoms with Gasteiger partial charge in [0, 0.05) is 14.6 Å². The number of benzene rings is 1. The molecule has 1 N–H and O–H groups in total. The van der Waals surface area contributed by atoms with E-state index in [1.165, 1.54) is 7.11 Å². The fraction of sp³-hybridized carbons (Fsp3) is 0.400. The zero-order valence-corrected chi connectivity index (χ0v) is 14.8. The Hall–Kier alpha value is 0.740. The average Bonchev–Trinajstić information content (AvgIpc) is 2.29. The summed E-state index contributed by atoms with van der Waals surface area (Å²) in [5.74, 6) is 0.586. The van der Waals surface area contributed by atoms with Gasteiger partial charge in [-0.3, -0.25) is 0 Å². The third-order valence-corrected chi connectivity index (χ3v) is 6.56. The van der Waals surface area contributed by atoms with Crippen molar-refractivity contribution in [2.45, 2.75) is 11.2 Å². The normalized spacial score (nSPS) is 12.6. The van der Waals surface area contributed by atoms with E-state index in [1.54, 1.807) is 0 Å². The Balaban J connectivity index is 3.14. The van der Waals surface area contributed by atoms with Crippen LogP contribution in [0.2, 0.25) is 0 Å². The molecular formula is C10H10Br4O2. The molecule has 6 heteroatoms. The van der Waals surface area contributed by atoms with Gasteiger partial charge in [-0.15, -0.1) is 0 Å². The predicted octanol–water partition coefficient (Wildman–Crippen LogP) is 4.63. The number of phenolic OH excluding ortho intramolecular Hbond substituents is 1. The summed E-state index contributed by atoms with van der Waals surface area (Å²) in [7, 11) is 1.54. The van der Waals surface area contributed by atoms with Crippen molar-refractivity contribution in [3.8, 4) is 11.5 Å².